The van der Waals surface area contributed by atoms with Gasteiger partial charge in [-0.1, -0.05) is 61.7 Å². The van der Waals surface area contributed by atoms with Crippen LogP contribution in [0.3, 0.4) is 0 Å². The Hall–Kier alpha value is -3.48. The van der Waals surface area contributed by atoms with Gasteiger partial charge >= 0.3 is 0 Å². The van der Waals surface area contributed by atoms with Crippen LogP contribution in [0.25, 0.3) is 11.1 Å². The van der Waals surface area contributed by atoms with Gasteiger partial charge < -0.3 is 15.5 Å². The number of primary amides is 1. The van der Waals surface area contributed by atoms with Crippen molar-refractivity contribution in [3.8, 4) is 0 Å². The van der Waals surface area contributed by atoms with Gasteiger partial charge in [-0.3, -0.25) is 14.4 Å². The number of oxazole rings is 1. The Morgan fingerprint density at radius 2 is 1.69 bits per heavy atom. The van der Waals surface area contributed by atoms with Gasteiger partial charge in [0.05, 0.1) is 6.04 Å². The number of rotatable bonds is 8. The van der Waals surface area contributed by atoms with Crippen LogP contribution in [0.4, 0.5) is 0 Å². The summed E-state index contributed by atoms with van der Waals surface area (Å²) in [6, 6.07) is 15.9. The average molecular weight is 434 g/mol. The number of aryl methyl sites for hydroxylation is 1. The largest absolute Gasteiger partial charge is 0.434 e. The third-order valence-electron chi connectivity index (χ3n) is 6.30. The monoisotopic (exact) mass is 433 g/mol. The molecule has 0 radical (unpaired) electrons. The number of para-hydroxylation sites is 2. The van der Waals surface area contributed by atoms with Crippen molar-refractivity contribution in [3.05, 3.63) is 66.1 Å². The molecular weight excluding hydrogens is 406 g/mol. The average Bonchev–Trinajstić information content (AvgIpc) is 3.26. The van der Waals surface area contributed by atoms with E-state index in [1.54, 1.807) is 18.2 Å². The number of benzene rings is 2. The van der Waals surface area contributed by atoms with E-state index in [1.807, 2.05) is 36.4 Å². The molecule has 3 N–H and O–H groups in total. The van der Waals surface area contributed by atoms with Gasteiger partial charge in [-0.2, -0.15) is 0 Å². The third-order valence-corrected chi connectivity index (χ3v) is 6.30. The molecule has 1 heterocycles. The molecule has 166 valence electrons. The lowest BCUT2D eigenvalue weighted by Crippen LogP contribution is -2.54. The van der Waals surface area contributed by atoms with E-state index in [2.05, 4.69) is 10.3 Å². The number of hydrogen-bond acceptors (Lipinski definition) is 5. The first-order valence-electron chi connectivity index (χ1n) is 11.0. The number of fused-ring (bicyclic) bond motifs is 1. The number of hydrogen-bond donors (Lipinski definition) is 2. The Bertz CT molecular complexity index is 1080. The van der Waals surface area contributed by atoms with E-state index in [-0.39, 0.29) is 5.89 Å². The van der Waals surface area contributed by atoms with Gasteiger partial charge in [0.1, 0.15) is 10.9 Å². The maximum Gasteiger partial charge on any atom is 0.266 e. The van der Waals surface area contributed by atoms with E-state index >= 15 is 0 Å². The first kappa shape index (κ1) is 21.7. The molecule has 2 aromatic carbocycles. The summed E-state index contributed by atoms with van der Waals surface area (Å²) >= 11 is 0. The molecule has 1 aliphatic carbocycles. The zero-order valence-corrected chi connectivity index (χ0v) is 17.9. The second-order valence-corrected chi connectivity index (χ2v) is 8.41. The van der Waals surface area contributed by atoms with Gasteiger partial charge in [0, 0.05) is 0 Å². The summed E-state index contributed by atoms with van der Waals surface area (Å²) in [5.41, 5.74) is 6.51. The van der Waals surface area contributed by atoms with E-state index in [9.17, 15) is 14.4 Å². The summed E-state index contributed by atoms with van der Waals surface area (Å²) in [5, 5.41) is 2.83. The number of amides is 2. The van der Waals surface area contributed by atoms with Crippen molar-refractivity contribution in [1.29, 1.82) is 0 Å². The Morgan fingerprint density at radius 3 is 2.38 bits per heavy atom. The van der Waals surface area contributed by atoms with Crippen LogP contribution in [0.5, 0.6) is 0 Å². The van der Waals surface area contributed by atoms with Gasteiger partial charge in [0.2, 0.25) is 17.6 Å². The van der Waals surface area contributed by atoms with Gasteiger partial charge in [0.25, 0.3) is 5.89 Å². The summed E-state index contributed by atoms with van der Waals surface area (Å²) in [5.74, 6) is -1.58. The number of aromatic nitrogens is 1. The number of ketones is 1. The summed E-state index contributed by atoms with van der Waals surface area (Å²) in [7, 11) is 0. The molecule has 0 saturated heterocycles. The number of nitrogens with zero attached hydrogens (tertiary/aromatic N) is 1. The fourth-order valence-corrected chi connectivity index (χ4v) is 4.39. The first-order chi connectivity index (χ1) is 15.5. The summed E-state index contributed by atoms with van der Waals surface area (Å²) in [6.45, 7) is 0. The van der Waals surface area contributed by atoms with E-state index in [0.29, 0.717) is 36.8 Å². The van der Waals surface area contributed by atoms with Crippen LogP contribution < -0.4 is 11.1 Å². The van der Waals surface area contributed by atoms with E-state index in [4.69, 9.17) is 10.2 Å². The topological polar surface area (TPSA) is 115 Å². The molecule has 0 spiro atoms. The number of Topliss-reactive ketones (excluding diaryl/α,β-unsaturated/α-hetero) is 1. The molecule has 0 unspecified atom stereocenters. The molecular formula is C25H27N3O4. The van der Waals surface area contributed by atoms with Gasteiger partial charge in [0.15, 0.2) is 5.58 Å². The molecule has 0 bridgehead atoms. The standard InChI is InChI=1S/C25H27N3O4/c26-23(30)25(15-7-2-8-16-25)24(31)28-19(14-13-17-9-3-1-4-10-17)21(29)22-27-18-11-5-6-12-20(18)32-22/h1,3-6,9-12,19H,2,7-8,13-16H2,(H2,26,30)(H,28,31)/t19-/m0/s1. The maximum absolute atomic E-state index is 13.3. The zero-order valence-electron chi connectivity index (χ0n) is 17.9. The predicted molar refractivity (Wildman–Crippen MR) is 120 cm³/mol. The smallest absolute Gasteiger partial charge is 0.266 e. The van der Waals surface area contributed by atoms with Crippen molar-refractivity contribution < 1.29 is 18.8 Å². The maximum atomic E-state index is 13.3. The minimum absolute atomic E-state index is 0.0543. The number of carbonyl (C=O) groups is 3. The van der Waals surface area contributed by atoms with Crippen LogP contribution in [0.1, 0.15) is 54.8 Å². The summed E-state index contributed by atoms with van der Waals surface area (Å²) in [4.78, 5) is 43.2. The van der Waals surface area contributed by atoms with Crippen LogP contribution in [-0.2, 0) is 16.0 Å². The molecule has 1 atom stereocenters. The lowest BCUT2D eigenvalue weighted by atomic mass is 9.72. The SMILES string of the molecule is NC(=O)C1(C(=O)N[C@@H](CCc2ccccc2)C(=O)c2nc3ccccc3o2)CCCCC1. The Kier molecular flexibility index (Phi) is 6.35. The molecule has 1 fully saturated rings. The fourth-order valence-electron chi connectivity index (χ4n) is 4.39. The number of nitrogens with one attached hydrogen (secondary N) is 1. The molecule has 1 saturated carbocycles. The third kappa shape index (κ3) is 4.42. The van der Waals surface area contributed by atoms with Gasteiger partial charge in [-0.15, -0.1) is 0 Å². The molecule has 32 heavy (non-hydrogen) atoms. The van der Waals surface area contributed by atoms with Crippen molar-refractivity contribution in [2.24, 2.45) is 11.1 Å². The van der Waals surface area contributed by atoms with Crippen molar-refractivity contribution in [3.63, 3.8) is 0 Å². The van der Waals surface area contributed by atoms with E-state index in [1.165, 1.54) is 0 Å². The number of carbonyl (C=O) groups excluding carboxylic acids is 3. The van der Waals surface area contributed by atoms with Gasteiger partial charge in [-0.05, 0) is 43.4 Å². The van der Waals surface area contributed by atoms with Crippen LogP contribution in [0, 0.1) is 5.41 Å². The highest BCUT2D eigenvalue weighted by atomic mass is 16.4. The molecule has 0 aliphatic heterocycles. The highest BCUT2D eigenvalue weighted by Gasteiger charge is 2.46. The van der Waals surface area contributed by atoms with Crippen LogP contribution in [-0.4, -0.2) is 28.6 Å². The Balaban J connectivity index is 1.59. The minimum atomic E-state index is -1.27. The highest BCUT2D eigenvalue weighted by molar-refractivity contribution is 6.07. The van der Waals surface area contributed by atoms with Crippen molar-refractivity contribution in [1.82, 2.24) is 10.3 Å². The second-order valence-electron chi connectivity index (χ2n) is 8.41. The zero-order chi connectivity index (χ0) is 22.6. The van der Waals surface area contributed by atoms with Crippen LogP contribution in [0.15, 0.2) is 59.0 Å². The normalized spacial score (nSPS) is 16.4. The predicted octanol–water partition coefficient (Wildman–Crippen LogP) is 3.56. The van der Waals surface area contributed by atoms with E-state index < -0.39 is 29.1 Å². The minimum Gasteiger partial charge on any atom is -0.434 e. The Labute approximate surface area is 186 Å². The number of nitrogens with two attached hydrogens (primary N) is 1. The molecule has 1 aromatic heterocycles. The molecule has 4 rings (SSSR count). The summed E-state index contributed by atoms with van der Waals surface area (Å²) < 4.78 is 5.66. The molecule has 7 nitrogen and oxygen atoms in total. The second kappa shape index (κ2) is 9.34. The van der Waals surface area contributed by atoms with Crippen molar-refractivity contribution in [2.45, 2.75) is 51.0 Å². The molecule has 2 amide bonds. The van der Waals surface area contributed by atoms with Crippen molar-refractivity contribution in [2.75, 3.05) is 0 Å². The lowest BCUT2D eigenvalue weighted by molar-refractivity contribution is -0.144. The van der Waals surface area contributed by atoms with Crippen LogP contribution >= 0.6 is 0 Å². The molecule has 1 aliphatic rings. The van der Waals surface area contributed by atoms with E-state index in [0.717, 1.165) is 24.8 Å². The first-order valence-corrected chi connectivity index (χ1v) is 11.0. The lowest BCUT2D eigenvalue weighted by Gasteiger charge is -2.34. The molecule has 7 heteroatoms. The highest BCUT2D eigenvalue weighted by Crippen LogP contribution is 2.36. The van der Waals surface area contributed by atoms with Crippen LogP contribution in [0.2, 0.25) is 0 Å². The van der Waals surface area contributed by atoms with Gasteiger partial charge in [-0.25, -0.2) is 4.98 Å². The molecule has 3 aromatic rings. The Morgan fingerprint density at radius 1 is 1.00 bits per heavy atom. The summed E-state index contributed by atoms with van der Waals surface area (Å²) in [6.07, 6.45) is 4.19. The van der Waals surface area contributed by atoms with Crippen molar-refractivity contribution >= 4 is 28.7 Å². The fraction of sp³-hybridized carbons (Fsp3) is 0.360. The quantitative estimate of drug-likeness (QED) is 0.416.